The summed E-state index contributed by atoms with van der Waals surface area (Å²) in [6.45, 7) is 5.51. The largest absolute Gasteiger partial charge is 0.391 e. The van der Waals surface area contributed by atoms with Gasteiger partial charge in [-0.05, 0) is 57.0 Å². The monoisotopic (exact) mass is 379 g/mol. The van der Waals surface area contributed by atoms with E-state index in [1.165, 1.54) is 22.1 Å². The summed E-state index contributed by atoms with van der Waals surface area (Å²) in [6, 6.07) is 8.69. The molecule has 2 aromatic heterocycles. The van der Waals surface area contributed by atoms with Gasteiger partial charge in [0, 0.05) is 43.3 Å². The van der Waals surface area contributed by atoms with E-state index >= 15 is 0 Å². The van der Waals surface area contributed by atoms with Gasteiger partial charge < -0.3 is 14.9 Å². The number of benzene rings is 1. The first-order valence-corrected chi connectivity index (χ1v) is 10.1. The molecular weight excluding hydrogens is 350 g/mol. The number of aromatic nitrogens is 3. The van der Waals surface area contributed by atoms with Crippen molar-refractivity contribution in [2.24, 2.45) is 0 Å². The maximum atomic E-state index is 10.2. The van der Waals surface area contributed by atoms with Crippen molar-refractivity contribution in [3.63, 3.8) is 0 Å². The summed E-state index contributed by atoms with van der Waals surface area (Å²) < 4.78 is 0. The van der Waals surface area contributed by atoms with E-state index in [9.17, 15) is 5.11 Å². The molecule has 1 aliphatic heterocycles. The molecule has 0 radical (unpaired) electrons. The summed E-state index contributed by atoms with van der Waals surface area (Å²) in [6.07, 6.45) is 6.42. The molecule has 0 bridgehead atoms. The molecule has 3 aromatic rings. The fraction of sp³-hybridized carbons (Fsp3) is 0.455. The number of likely N-dealkylation sites (N-methyl/N-ethyl adjacent to an activating group) is 1. The molecule has 1 atom stereocenters. The number of rotatable bonds is 6. The van der Waals surface area contributed by atoms with Crippen LogP contribution in [-0.4, -0.2) is 58.0 Å². The molecule has 1 aliphatic rings. The molecule has 0 aliphatic carbocycles. The molecule has 0 amide bonds. The number of aliphatic hydroxyl groups is 1. The van der Waals surface area contributed by atoms with Crippen LogP contribution >= 0.6 is 0 Å². The first-order chi connectivity index (χ1) is 13.6. The van der Waals surface area contributed by atoms with Crippen LogP contribution in [0.3, 0.4) is 0 Å². The van der Waals surface area contributed by atoms with Crippen molar-refractivity contribution < 1.29 is 5.11 Å². The van der Waals surface area contributed by atoms with Crippen LogP contribution in [0.15, 0.2) is 36.7 Å². The lowest BCUT2D eigenvalue weighted by Crippen LogP contribution is -2.39. The molecule has 2 N–H and O–H groups in total. The Labute approximate surface area is 166 Å². The minimum absolute atomic E-state index is 0.268. The Kier molecular flexibility index (Phi) is 5.59. The van der Waals surface area contributed by atoms with Crippen LogP contribution in [0.1, 0.15) is 29.5 Å². The first kappa shape index (κ1) is 18.9. The number of aliphatic hydroxyl groups excluding tert-OH is 1. The molecule has 4 rings (SSSR count). The molecule has 1 aromatic carbocycles. The Morgan fingerprint density at radius 3 is 3.00 bits per heavy atom. The number of fused-ring (bicyclic) bond motifs is 1. The van der Waals surface area contributed by atoms with Gasteiger partial charge in [0.1, 0.15) is 5.82 Å². The van der Waals surface area contributed by atoms with Crippen LogP contribution in [0.4, 0.5) is 5.82 Å². The van der Waals surface area contributed by atoms with Gasteiger partial charge in [-0.3, -0.25) is 5.10 Å². The van der Waals surface area contributed by atoms with Gasteiger partial charge in [-0.2, -0.15) is 5.10 Å². The van der Waals surface area contributed by atoms with Gasteiger partial charge in [0.15, 0.2) is 0 Å². The van der Waals surface area contributed by atoms with Crippen molar-refractivity contribution in [1.82, 2.24) is 20.1 Å². The van der Waals surface area contributed by atoms with Crippen LogP contribution in [0, 0.1) is 6.92 Å². The number of β-amino-alcohol motifs (C(OH)–C–C–N with tert-alkyl or cyclic N) is 1. The third kappa shape index (κ3) is 4.34. The molecule has 6 nitrogen and oxygen atoms in total. The zero-order chi connectivity index (χ0) is 19.5. The number of anilines is 1. The maximum absolute atomic E-state index is 10.2. The van der Waals surface area contributed by atoms with Crippen LogP contribution in [0.2, 0.25) is 0 Å². The van der Waals surface area contributed by atoms with E-state index in [2.05, 4.69) is 58.2 Å². The average molecular weight is 380 g/mol. The van der Waals surface area contributed by atoms with E-state index in [0.717, 1.165) is 50.2 Å². The number of aromatic amines is 1. The van der Waals surface area contributed by atoms with E-state index in [1.807, 2.05) is 12.4 Å². The number of nitrogens with one attached hydrogen (secondary N) is 1. The molecule has 6 heteroatoms. The Morgan fingerprint density at radius 2 is 2.21 bits per heavy atom. The van der Waals surface area contributed by atoms with Crippen LogP contribution < -0.4 is 4.90 Å². The van der Waals surface area contributed by atoms with E-state index in [1.54, 1.807) is 0 Å². The Morgan fingerprint density at radius 1 is 1.32 bits per heavy atom. The third-order valence-electron chi connectivity index (χ3n) is 5.50. The third-order valence-corrected chi connectivity index (χ3v) is 5.50. The van der Waals surface area contributed by atoms with Crippen molar-refractivity contribution in [2.75, 3.05) is 31.6 Å². The highest BCUT2D eigenvalue weighted by atomic mass is 16.3. The average Bonchev–Trinajstić information content (AvgIpc) is 3.19. The van der Waals surface area contributed by atoms with Crippen LogP contribution in [0.25, 0.3) is 10.9 Å². The smallest absolute Gasteiger partial charge is 0.133 e. The van der Waals surface area contributed by atoms with Crippen molar-refractivity contribution in [1.29, 1.82) is 0 Å². The summed E-state index contributed by atoms with van der Waals surface area (Å²) in [5, 5.41) is 18.2. The van der Waals surface area contributed by atoms with E-state index in [0.29, 0.717) is 6.54 Å². The molecule has 1 fully saturated rings. The molecule has 148 valence electrons. The standard InChI is InChI=1S/C22H29N5O/c1-16-5-6-21-18(10-16)11-19(14-26(2)9-7-17-12-23-24-13-17)22(25-21)27-8-3-4-20(28)15-27/h5-6,10-13,20,28H,3-4,7-9,14-15H2,1-2H3,(H,23,24)/t20-/m0/s1. The zero-order valence-corrected chi connectivity index (χ0v) is 16.7. The summed E-state index contributed by atoms with van der Waals surface area (Å²) in [5.41, 5.74) is 4.71. The van der Waals surface area contributed by atoms with E-state index in [-0.39, 0.29) is 6.10 Å². The molecule has 0 saturated carbocycles. The Balaban J connectivity index is 1.60. The maximum Gasteiger partial charge on any atom is 0.133 e. The second-order valence-corrected chi connectivity index (χ2v) is 8.00. The van der Waals surface area contributed by atoms with Gasteiger partial charge in [0.05, 0.1) is 17.8 Å². The van der Waals surface area contributed by atoms with E-state index < -0.39 is 0 Å². The quantitative estimate of drug-likeness (QED) is 0.689. The van der Waals surface area contributed by atoms with Gasteiger partial charge >= 0.3 is 0 Å². The molecule has 0 spiro atoms. The number of nitrogens with zero attached hydrogens (tertiary/aromatic N) is 4. The summed E-state index contributed by atoms with van der Waals surface area (Å²) >= 11 is 0. The highest BCUT2D eigenvalue weighted by Gasteiger charge is 2.22. The topological polar surface area (TPSA) is 68.3 Å². The van der Waals surface area contributed by atoms with Gasteiger partial charge in [-0.25, -0.2) is 4.98 Å². The highest BCUT2D eigenvalue weighted by Crippen LogP contribution is 2.28. The fourth-order valence-corrected chi connectivity index (χ4v) is 3.97. The minimum Gasteiger partial charge on any atom is -0.391 e. The zero-order valence-electron chi connectivity index (χ0n) is 16.7. The highest BCUT2D eigenvalue weighted by molar-refractivity contribution is 5.82. The van der Waals surface area contributed by atoms with Gasteiger partial charge in [-0.15, -0.1) is 0 Å². The molecule has 3 heterocycles. The van der Waals surface area contributed by atoms with Gasteiger partial charge in [0.25, 0.3) is 0 Å². The predicted molar refractivity (Wildman–Crippen MR) is 113 cm³/mol. The summed E-state index contributed by atoms with van der Waals surface area (Å²) in [5.74, 6) is 1.02. The minimum atomic E-state index is -0.268. The lowest BCUT2D eigenvalue weighted by Gasteiger charge is -2.33. The fourth-order valence-electron chi connectivity index (χ4n) is 3.97. The van der Waals surface area contributed by atoms with Gasteiger partial charge in [-0.1, -0.05) is 11.6 Å². The lowest BCUT2D eigenvalue weighted by atomic mass is 10.1. The van der Waals surface area contributed by atoms with Crippen LogP contribution in [-0.2, 0) is 13.0 Å². The number of hydrogen-bond acceptors (Lipinski definition) is 5. The number of hydrogen-bond donors (Lipinski definition) is 2. The molecular formula is C22H29N5O. The Bertz CT molecular complexity index is 924. The predicted octanol–water partition coefficient (Wildman–Crippen LogP) is 2.90. The molecule has 1 saturated heterocycles. The second kappa shape index (κ2) is 8.29. The summed E-state index contributed by atoms with van der Waals surface area (Å²) in [4.78, 5) is 9.60. The number of piperidine rings is 1. The van der Waals surface area contributed by atoms with Crippen molar-refractivity contribution in [3.8, 4) is 0 Å². The lowest BCUT2D eigenvalue weighted by molar-refractivity contribution is 0.153. The number of aryl methyl sites for hydroxylation is 1. The van der Waals surface area contributed by atoms with E-state index in [4.69, 9.17) is 4.98 Å². The van der Waals surface area contributed by atoms with Crippen molar-refractivity contribution in [2.45, 2.75) is 38.8 Å². The molecule has 0 unspecified atom stereocenters. The second-order valence-electron chi connectivity index (χ2n) is 8.00. The normalized spacial score (nSPS) is 17.6. The van der Waals surface area contributed by atoms with Crippen LogP contribution in [0.5, 0.6) is 0 Å². The first-order valence-electron chi connectivity index (χ1n) is 10.1. The van der Waals surface area contributed by atoms with Crippen molar-refractivity contribution in [3.05, 3.63) is 53.3 Å². The number of pyridine rings is 1. The number of H-pyrrole nitrogens is 1. The SMILES string of the molecule is Cc1ccc2nc(N3CCC[C@H](O)C3)c(CN(C)CCc3cn[nH]c3)cc2c1. The Hall–Kier alpha value is -2.44. The summed E-state index contributed by atoms with van der Waals surface area (Å²) in [7, 11) is 2.15. The van der Waals surface area contributed by atoms with Crippen molar-refractivity contribution >= 4 is 16.7 Å². The van der Waals surface area contributed by atoms with Gasteiger partial charge in [0.2, 0.25) is 0 Å². The molecule has 28 heavy (non-hydrogen) atoms.